The lowest BCUT2D eigenvalue weighted by atomic mass is 9.79. The van der Waals surface area contributed by atoms with Gasteiger partial charge in [-0.25, -0.2) is 4.57 Å². The molecule has 1 aliphatic carbocycles. The van der Waals surface area contributed by atoms with E-state index in [1.807, 2.05) is 55.1 Å². The average molecular weight is 347 g/mol. The van der Waals surface area contributed by atoms with Gasteiger partial charge in [0.1, 0.15) is 7.05 Å². The summed E-state index contributed by atoms with van der Waals surface area (Å²) in [5.74, 6) is -1.74. The molecule has 1 heterocycles. The monoisotopic (exact) mass is 346 g/mol. The van der Waals surface area contributed by atoms with Gasteiger partial charge in [-0.3, -0.25) is 0 Å². The molecule has 0 fully saturated rings. The highest BCUT2D eigenvalue weighted by Crippen LogP contribution is 2.53. The number of aromatic nitrogens is 1. The fourth-order valence-electron chi connectivity index (χ4n) is 4.48. The normalized spacial score (nSPS) is 19.4. The van der Waals surface area contributed by atoms with Gasteiger partial charge in [0.25, 0.3) is 0 Å². The lowest BCUT2D eigenvalue weighted by Gasteiger charge is -2.24. The second kappa shape index (κ2) is 5.81. The highest BCUT2D eigenvalue weighted by molar-refractivity contribution is 5.87. The zero-order valence-corrected chi connectivity index (χ0v) is 16.1. The molecule has 1 heteroatoms. The number of fused-ring (bicyclic) bond motifs is 3. The van der Waals surface area contributed by atoms with E-state index in [1.165, 1.54) is 12.5 Å². The third-order valence-electron chi connectivity index (χ3n) is 5.84. The van der Waals surface area contributed by atoms with Gasteiger partial charge in [-0.05, 0) is 58.3 Å². The third-order valence-corrected chi connectivity index (χ3v) is 5.84. The van der Waals surface area contributed by atoms with E-state index in [1.54, 1.807) is 0 Å². The lowest BCUT2D eigenvalue weighted by Crippen LogP contribution is -2.30. The number of aryl methyl sites for hydroxylation is 1. The molecule has 3 aromatic rings. The maximum absolute atomic E-state index is 9.04. The molecule has 2 aromatic carbocycles. The fraction of sp³-hybridized carbons (Fsp3) is 0.320. The van der Waals surface area contributed by atoms with E-state index < -0.39 is 12.7 Å². The zero-order valence-electron chi connectivity index (χ0n) is 20.1. The molecule has 0 saturated heterocycles. The fourth-order valence-corrected chi connectivity index (χ4v) is 4.48. The van der Waals surface area contributed by atoms with Gasteiger partial charge in [0.2, 0.25) is 5.69 Å². The van der Waals surface area contributed by atoms with Gasteiger partial charge in [-0.1, -0.05) is 51.9 Å². The Morgan fingerprint density at radius 1 is 1.04 bits per heavy atom. The van der Waals surface area contributed by atoms with Crippen LogP contribution < -0.4 is 4.57 Å². The minimum absolute atomic E-state index is 0.276. The van der Waals surface area contributed by atoms with Crippen molar-refractivity contribution in [1.29, 1.82) is 0 Å². The Kier molecular flexibility index (Phi) is 2.87. The first-order valence-electron chi connectivity index (χ1n) is 11.1. The van der Waals surface area contributed by atoms with Crippen LogP contribution in [0.15, 0.2) is 54.7 Å². The molecule has 0 amide bonds. The average Bonchev–Trinajstić information content (AvgIpc) is 2.88. The molecule has 1 aromatic heterocycles. The first-order chi connectivity index (χ1) is 13.9. The van der Waals surface area contributed by atoms with Gasteiger partial charge < -0.3 is 0 Å². The molecule has 1 unspecified atom stereocenters. The topological polar surface area (TPSA) is 3.88 Å². The van der Waals surface area contributed by atoms with Crippen molar-refractivity contribution in [2.75, 3.05) is 0 Å². The van der Waals surface area contributed by atoms with Crippen LogP contribution in [0.4, 0.5) is 0 Å². The second-order valence-corrected chi connectivity index (χ2v) is 7.84. The highest BCUT2D eigenvalue weighted by Gasteiger charge is 2.38. The molecule has 0 bridgehead atoms. The Morgan fingerprint density at radius 2 is 1.77 bits per heavy atom. The van der Waals surface area contributed by atoms with E-state index in [-0.39, 0.29) is 5.41 Å². The van der Waals surface area contributed by atoms with Crippen LogP contribution in [0, 0.1) is 6.92 Å². The Bertz CT molecular complexity index is 1160. The van der Waals surface area contributed by atoms with Gasteiger partial charge in [0.15, 0.2) is 6.20 Å². The predicted octanol–water partition coefficient (Wildman–Crippen LogP) is 5.92. The van der Waals surface area contributed by atoms with Crippen LogP contribution in [-0.2, 0) is 12.5 Å². The van der Waals surface area contributed by atoms with Crippen molar-refractivity contribution in [2.24, 2.45) is 7.05 Å². The van der Waals surface area contributed by atoms with Crippen LogP contribution in [0.1, 0.15) is 61.3 Å². The van der Waals surface area contributed by atoms with Gasteiger partial charge >= 0.3 is 0 Å². The zero-order chi connectivity index (χ0) is 22.1. The number of benzene rings is 2. The molecule has 26 heavy (non-hydrogen) atoms. The molecule has 0 N–H and O–H groups in total. The molecular formula is C25H28N+. The molecule has 4 rings (SSSR count). The molecular weight excluding hydrogens is 314 g/mol. The van der Waals surface area contributed by atoms with Gasteiger partial charge in [0.05, 0.1) is 0 Å². The van der Waals surface area contributed by atoms with E-state index in [9.17, 15) is 0 Å². The SMILES string of the molecule is [2H]C([2H])([2H])C([2H])(C)c1c(C)c(-c2cccc[n+]2C)cc2c1-c1ccccc1C2(C)C. The summed E-state index contributed by atoms with van der Waals surface area (Å²) in [7, 11) is 1.99. The standard InChI is InChI=1S/C25H28N/c1-16(2)23-17(3)19(22-13-9-10-14-26(22)6)15-21-24(23)18-11-7-8-12-20(18)25(21,4)5/h7-16H,1-6H3/q+1/i1D3,16D. The lowest BCUT2D eigenvalue weighted by molar-refractivity contribution is -0.660. The van der Waals surface area contributed by atoms with E-state index in [2.05, 4.69) is 32.0 Å². The number of nitrogens with zero attached hydrogens (tertiary/aromatic N) is 1. The summed E-state index contributed by atoms with van der Waals surface area (Å²) in [6.45, 7) is 5.41. The molecule has 0 aliphatic heterocycles. The van der Waals surface area contributed by atoms with Crippen molar-refractivity contribution in [3.8, 4) is 22.4 Å². The minimum atomic E-state index is -2.45. The van der Waals surface area contributed by atoms with Gasteiger partial charge in [-0.15, -0.1) is 0 Å². The van der Waals surface area contributed by atoms with Crippen molar-refractivity contribution in [1.82, 2.24) is 0 Å². The Morgan fingerprint density at radius 3 is 2.50 bits per heavy atom. The molecule has 0 saturated carbocycles. The first kappa shape index (κ1) is 12.9. The molecule has 0 radical (unpaired) electrons. The molecule has 1 aliphatic rings. The quantitative estimate of drug-likeness (QED) is 0.507. The summed E-state index contributed by atoms with van der Waals surface area (Å²) in [6, 6.07) is 16.4. The summed E-state index contributed by atoms with van der Waals surface area (Å²) in [6.07, 6.45) is 1.99. The summed E-state index contributed by atoms with van der Waals surface area (Å²) in [5, 5.41) is 0. The van der Waals surface area contributed by atoms with Crippen molar-refractivity contribution in [3.05, 3.63) is 77.0 Å². The number of pyridine rings is 1. The van der Waals surface area contributed by atoms with E-state index >= 15 is 0 Å². The van der Waals surface area contributed by atoms with Crippen LogP contribution in [0.5, 0.6) is 0 Å². The van der Waals surface area contributed by atoms with Crippen molar-refractivity contribution in [3.63, 3.8) is 0 Å². The van der Waals surface area contributed by atoms with E-state index in [0.29, 0.717) is 5.56 Å². The Balaban J connectivity index is 2.19. The summed E-state index contributed by atoms with van der Waals surface area (Å²) < 4.78 is 35.6. The smallest absolute Gasteiger partial charge is 0.201 e. The van der Waals surface area contributed by atoms with E-state index in [0.717, 1.165) is 33.5 Å². The van der Waals surface area contributed by atoms with Crippen LogP contribution in [0.25, 0.3) is 22.4 Å². The predicted molar refractivity (Wildman–Crippen MR) is 109 cm³/mol. The summed E-state index contributed by atoms with van der Waals surface area (Å²) in [5.41, 5.74) is 7.41. The van der Waals surface area contributed by atoms with Crippen LogP contribution >= 0.6 is 0 Å². The number of rotatable bonds is 2. The molecule has 0 spiro atoms. The van der Waals surface area contributed by atoms with E-state index in [4.69, 9.17) is 5.48 Å². The van der Waals surface area contributed by atoms with Crippen molar-refractivity contribution >= 4 is 0 Å². The number of hydrogen-bond donors (Lipinski definition) is 0. The maximum atomic E-state index is 9.04. The first-order valence-corrected chi connectivity index (χ1v) is 9.12. The highest BCUT2D eigenvalue weighted by atomic mass is 14.9. The molecule has 132 valence electrons. The number of hydrogen-bond acceptors (Lipinski definition) is 0. The van der Waals surface area contributed by atoms with Crippen LogP contribution in [0.2, 0.25) is 0 Å². The summed E-state index contributed by atoms with van der Waals surface area (Å²) in [4.78, 5) is 0. The second-order valence-electron chi connectivity index (χ2n) is 7.84. The van der Waals surface area contributed by atoms with Crippen molar-refractivity contribution in [2.45, 2.75) is 45.9 Å². The summed E-state index contributed by atoms with van der Waals surface area (Å²) >= 11 is 0. The van der Waals surface area contributed by atoms with Gasteiger partial charge in [-0.2, -0.15) is 0 Å². The Labute approximate surface area is 163 Å². The van der Waals surface area contributed by atoms with Crippen LogP contribution in [-0.4, -0.2) is 0 Å². The minimum Gasteiger partial charge on any atom is -0.201 e. The van der Waals surface area contributed by atoms with Crippen molar-refractivity contribution < 1.29 is 10.1 Å². The third kappa shape index (κ3) is 2.26. The maximum Gasteiger partial charge on any atom is 0.212 e. The molecule has 1 nitrogen and oxygen atoms in total. The van der Waals surface area contributed by atoms with Gasteiger partial charge in [0, 0.05) is 28.6 Å². The largest absolute Gasteiger partial charge is 0.212 e. The Hall–Kier alpha value is -2.41. The molecule has 1 atom stereocenters. The van der Waals surface area contributed by atoms with Crippen LogP contribution in [0.3, 0.4) is 0 Å².